The number of carbonyl (C=O) groups is 2. The maximum atomic E-state index is 13.6. The van der Waals surface area contributed by atoms with E-state index in [0.29, 0.717) is 6.42 Å². The number of fused-ring (bicyclic) bond motifs is 5. The van der Waals surface area contributed by atoms with Gasteiger partial charge in [-0.2, -0.15) is 0 Å². The van der Waals surface area contributed by atoms with Gasteiger partial charge in [-0.3, -0.25) is 9.59 Å². The van der Waals surface area contributed by atoms with Gasteiger partial charge in [0.25, 0.3) is 0 Å². The smallest absolute Gasteiger partial charge is 0.325 e. The lowest BCUT2D eigenvalue weighted by atomic mass is 9.59. The molecular weight excluding hydrogens is 402 g/mol. The molecule has 2 atom stereocenters. The average Bonchev–Trinajstić information content (AvgIpc) is 3.33. The van der Waals surface area contributed by atoms with Crippen molar-refractivity contribution in [3.8, 4) is 0 Å². The van der Waals surface area contributed by atoms with E-state index in [4.69, 9.17) is 9.47 Å². The minimum Gasteiger partial charge on any atom is -0.468 e. The molecule has 0 bridgehead atoms. The van der Waals surface area contributed by atoms with Crippen molar-refractivity contribution in [1.82, 2.24) is 0 Å². The first kappa shape index (κ1) is 21.0. The van der Waals surface area contributed by atoms with Gasteiger partial charge in [0.05, 0.1) is 26.3 Å². The molecule has 32 heavy (non-hydrogen) atoms. The van der Waals surface area contributed by atoms with Gasteiger partial charge in [-0.1, -0.05) is 67.3 Å². The minimum absolute atomic E-state index is 0.111. The molecule has 5 nitrogen and oxygen atoms in total. The first-order valence-corrected chi connectivity index (χ1v) is 11.6. The van der Waals surface area contributed by atoms with Gasteiger partial charge in [-0.15, -0.1) is 0 Å². The van der Waals surface area contributed by atoms with Crippen LogP contribution in [-0.4, -0.2) is 32.2 Å². The van der Waals surface area contributed by atoms with E-state index in [9.17, 15) is 9.59 Å². The predicted octanol–water partition coefficient (Wildman–Crippen LogP) is 4.86. The summed E-state index contributed by atoms with van der Waals surface area (Å²) in [5.74, 6) is -0.959. The third-order valence-electron chi connectivity index (χ3n) is 8.11. The lowest BCUT2D eigenvalue weighted by Crippen LogP contribution is -2.58. The van der Waals surface area contributed by atoms with Crippen LogP contribution in [0.3, 0.4) is 0 Å². The zero-order chi connectivity index (χ0) is 22.5. The van der Waals surface area contributed by atoms with E-state index in [1.807, 2.05) is 6.07 Å². The third kappa shape index (κ3) is 2.69. The maximum Gasteiger partial charge on any atom is 0.325 e. The van der Waals surface area contributed by atoms with Crippen molar-refractivity contribution >= 4 is 17.6 Å². The fraction of sp³-hybridized carbons (Fsp3) is 0.481. The molecule has 2 fully saturated rings. The summed E-state index contributed by atoms with van der Waals surface area (Å²) in [5.41, 5.74) is 3.05. The van der Waals surface area contributed by atoms with Gasteiger partial charge in [-0.25, -0.2) is 0 Å². The first-order chi connectivity index (χ1) is 15.5. The number of anilines is 1. The van der Waals surface area contributed by atoms with Crippen LogP contribution >= 0.6 is 0 Å². The Bertz CT molecular complexity index is 1040. The van der Waals surface area contributed by atoms with Crippen molar-refractivity contribution in [2.75, 3.05) is 19.1 Å². The lowest BCUT2D eigenvalue weighted by molar-refractivity contribution is -0.171. The van der Waals surface area contributed by atoms with Gasteiger partial charge in [0.15, 0.2) is 5.41 Å². The van der Waals surface area contributed by atoms with Crippen LogP contribution in [0.2, 0.25) is 0 Å². The van der Waals surface area contributed by atoms with E-state index in [0.717, 1.165) is 42.5 Å². The molecule has 2 aliphatic heterocycles. The Morgan fingerprint density at radius 3 is 2.28 bits per heavy atom. The zero-order valence-corrected chi connectivity index (χ0v) is 19.1. The normalized spacial score (nSPS) is 24.7. The van der Waals surface area contributed by atoms with E-state index in [1.165, 1.54) is 26.2 Å². The number of para-hydroxylation sites is 1. The molecule has 168 valence electrons. The van der Waals surface area contributed by atoms with Gasteiger partial charge in [0, 0.05) is 17.5 Å². The summed E-state index contributed by atoms with van der Waals surface area (Å²) < 4.78 is 10.7. The predicted molar refractivity (Wildman–Crippen MR) is 122 cm³/mol. The summed E-state index contributed by atoms with van der Waals surface area (Å²) in [6, 6.07) is 16.5. The van der Waals surface area contributed by atoms with Gasteiger partial charge < -0.3 is 14.4 Å². The molecule has 1 aliphatic carbocycles. The summed E-state index contributed by atoms with van der Waals surface area (Å²) in [4.78, 5) is 29.5. The molecule has 0 aromatic heterocycles. The standard InChI is InChI=1S/C27H31NO4/c1-18-10-9-11-19(16-18)22-17-27(24(29)31-2,25(30)32-3)23-26(14-7-4-8-15-26)20-12-5-6-13-21(20)28(22)23/h5-6,9-13,16,22-23H,4,7-8,14-15,17H2,1-3H3/t22-,23+/m0/s1. The topological polar surface area (TPSA) is 55.8 Å². The Hall–Kier alpha value is -2.82. The monoisotopic (exact) mass is 433 g/mol. The van der Waals surface area contributed by atoms with Crippen molar-refractivity contribution in [1.29, 1.82) is 0 Å². The molecule has 0 radical (unpaired) electrons. The second-order valence-corrected chi connectivity index (χ2v) is 9.63. The van der Waals surface area contributed by atoms with Crippen LogP contribution in [0.5, 0.6) is 0 Å². The van der Waals surface area contributed by atoms with Gasteiger partial charge in [0.2, 0.25) is 0 Å². The molecular formula is C27H31NO4. The van der Waals surface area contributed by atoms with Crippen LogP contribution in [0.15, 0.2) is 48.5 Å². The summed E-state index contributed by atoms with van der Waals surface area (Å²) in [6.07, 6.45) is 5.64. The van der Waals surface area contributed by atoms with E-state index in [-0.39, 0.29) is 17.5 Å². The van der Waals surface area contributed by atoms with Crippen LogP contribution in [0.4, 0.5) is 5.69 Å². The SMILES string of the molecule is COC(=O)C1(C(=O)OC)C[C@@H](c2cccc(C)c2)N2c3ccccc3C3(CCCCC3)[C@@H]21. The highest BCUT2D eigenvalue weighted by atomic mass is 16.5. The molecule has 1 saturated heterocycles. The summed E-state index contributed by atoms with van der Waals surface area (Å²) in [5, 5.41) is 0. The third-order valence-corrected chi connectivity index (χ3v) is 8.11. The first-order valence-electron chi connectivity index (χ1n) is 11.6. The van der Waals surface area contributed by atoms with E-state index in [1.54, 1.807) is 0 Å². The Kier molecular flexibility index (Phi) is 5.03. The Labute approximate surface area is 189 Å². The summed E-state index contributed by atoms with van der Waals surface area (Å²) in [6.45, 7) is 2.07. The van der Waals surface area contributed by atoms with Crippen molar-refractivity contribution in [3.63, 3.8) is 0 Å². The van der Waals surface area contributed by atoms with Gasteiger partial charge in [-0.05, 0) is 37.0 Å². The fourth-order valence-corrected chi connectivity index (χ4v) is 6.96. The van der Waals surface area contributed by atoms with Crippen LogP contribution in [0.1, 0.15) is 61.3 Å². The number of rotatable bonds is 3. The van der Waals surface area contributed by atoms with Crippen molar-refractivity contribution in [2.45, 2.75) is 62.9 Å². The van der Waals surface area contributed by atoms with Crippen LogP contribution in [0, 0.1) is 12.3 Å². The summed E-state index contributed by atoms with van der Waals surface area (Å²) in [7, 11) is 2.76. The lowest BCUT2D eigenvalue weighted by Gasteiger charge is -2.45. The quantitative estimate of drug-likeness (QED) is 0.511. The number of hydrogen-bond acceptors (Lipinski definition) is 5. The molecule has 0 N–H and O–H groups in total. The molecule has 1 spiro atoms. The number of methoxy groups -OCH3 is 2. The van der Waals surface area contributed by atoms with E-state index >= 15 is 0 Å². The maximum absolute atomic E-state index is 13.6. The molecule has 2 aromatic rings. The van der Waals surface area contributed by atoms with Crippen LogP contribution in [-0.2, 0) is 24.5 Å². The van der Waals surface area contributed by atoms with Crippen molar-refractivity contribution < 1.29 is 19.1 Å². The number of aryl methyl sites for hydroxylation is 1. The van der Waals surface area contributed by atoms with E-state index in [2.05, 4.69) is 54.3 Å². The highest BCUT2D eigenvalue weighted by Gasteiger charge is 2.72. The largest absolute Gasteiger partial charge is 0.468 e. The molecule has 5 rings (SSSR count). The van der Waals surface area contributed by atoms with Crippen molar-refractivity contribution in [2.24, 2.45) is 5.41 Å². The number of benzene rings is 2. The highest BCUT2D eigenvalue weighted by Crippen LogP contribution is 2.65. The summed E-state index contributed by atoms with van der Waals surface area (Å²) >= 11 is 0. The second kappa shape index (κ2) is 7.65. The van der Waals surface area contributed by atoms with E-state index < -0.39 is 17.4 Å². The Morgan fingerprint density at radius 1 is 0.938 bits per heavy atom. The Morgan fingerprint density at radius 2 is 1.62 bits per heavy atom. The second-order valence-electron chi connectivity index (χ2n) is 9.63. The molecule has 2 aromatic carbocycles. The number of carbonyl (C=O) groups excluding carboxylic acids is 2. The Balaban J connectivity index is 1.80. The molecule has 2 heterocycles. The molecule has 0 amide bonds. The van der Waals surface area contributed by atoms with Crippen LogP contribution < -0.4 is 4.90 Å². The molecule has 1 saturated carbocycles. The number of hydrogen-bond donors (Lipinski definition) is 0. The minimum atomic E-state index is -1.37. The molecule has 0 unspecified atom stereocenters. The molecule has 3 aliphatic rings. The number of esters is 2. The van der Waals surface area contributed by atoms with Gasteiger partial charge >= 0.3 is 11.9 Å². The fourth-order valence-electron chi connectivity index (χ4n) is 6.96. The number of nitrogens with zero attached hydrogens (tertiary/aromatic N) is 1. The highest BCUT2D eigenvalue weighted by molar-refractivity contribution is 6.03. The van der Waals surface area contributed by atoms with Crippen molar-refractivity contribution in [3.05, 3.63) is 65.2 Å². The number of ether oxygens (including phenoxy) is 2. The molecule has 5 heteroatoms. The van der Waals surface area contributed by atoms with Crippen LogP contribution in [0.25, 0.3) is 0 Å². The van der Waals surface area contributed by atoms with Gasteiger partial charge in [0.1, 0.15) is 0 Å². The average molecular weight is 434 g/mol. The zero-order valence-electron chi connectivity index (χ0n) is 19.1.